The molecule has 0 spiro atoms. The van der Waals surface area contributed by atoms with E-state index in [9.17, 15) is 14.7 Å². The summed E-state index contributed by atoms with van der Waals surface area (Å²) in [5.74, 6) is -2.04. The van der Waals surface area contributed by atoms with E-state index >= 15 is 0 Å². The van der Waals surface area contributed by atoms with Crippen LogP contribution in [-0.2, 0) is 45.5 Å². The van der Waals surface area contributed by atoms with Crippen LogP contribution in [0.3, 0.4) is 0 Å². The average molecular weight is 352 g/mol. The van der Waals surface area contributed by atoms with Gasteiger partial charge < -0.3 is 19.3 Å². The second-order valence-corrected chi connectivity index (χ2v) is 5.72. The smallest absolute Gasteiger partial charge is 0.344 e. The standard InChI is InChI=1S/C15H28O6.Ti/c1-8-15(14(17)18,21-11(6)7)12(16)13(19-9(2)3)20-10(4)5;/h9-11,13H,8H2,1-7H3,(H,17,18);. The third-order valence-electron chi connectivity index (χ3n) is 2.68. The molecule has 6 nitrogen and oxygen atoms in total. The van der Waals surface area contributed by atoms with Gasteiger partial charge >= 0.3 is 5.97 Å². The van der Waals surface area contributed by atoms with E-state index < -0.39 is 29.7 Å². The zero-order valence-electron chi connectivity index (χ0n) is 14.5. The maximum Gasteiger partial charge on any atom is 0.344 e. The Kier molecular flexibility index (Phi) is 11.4. The van der Waals surface area contributed by atoms with Crippen molar-refractivity contribution in [3.05, 3.63) is 0 Å². The summed E-state index contributed by atoms with van der Waals surface area (Å²) in [5.41, 5.74) is -1.96. The molecule has 0 rings (SSSR count). The Morgan fingerprint density at radius 1 is 0.955 bits per heavy atom. The summed E-state index contributed by atoms with van der Waals surface area (Å²) in [4.78, 5) is 24.3. The van der Waals surface area contributed by atoms with Gasteiger partial charge in [0.05, 0.1) is 18.3 Å². The van der Waals surface area contributed by atoms with Gasteiger partial charge in [-0.25, -0.2) is 4.79 Å². The van der Waals surface area contributed by atoms with Crippen LogP contribution in [0.2, 0.25) is 0 Å². The van der Waals surface area contributed by atoms with Gasteiger partial charge in [0.15, 0.2) is 0 Å². The number of Topliss-reactive ketones (excluding diaryl/α,β-unsaturated/α-hetero) is 1. The van der Waals surface area contributed by atoms with Gasteiger partial charge in [-0.2, -0.15) is 0 Å². The topological polar surface area (TPSA) is 82.1 Å². The van der Waals surface area contributed by atoms with Crippen LogP contribution in [0.4, 0.5) is 0 Å². The van der Waals surface area contributed by atoms with E-state index in [1.165, 1.54) is 0 Å². The fourth-order valence-electron chi connectivity index (χ4n) is 1.87. The molecule has 0 saturated carbocycles. The molecule has 0 radical (unpaired) electrons. The Morgan fingerprint density at radius 3 is 1.59 bits per heavy atom. The van der Waals surface area contributed by atoms with Crippen molar-refractivity contribution in [2.75, 3.05) is 0 Å². The summed E-state index contributed by atoms with van der Waals surface area (Å²) in [6, 6.07) is 0. The Balaban J connectivity index is 0. The van der Waals surface area contributed by atoms with Crippen LogP contribution in [0.1, 0.15) is 54.9 Å². The second-order valence-electron chi connectivity index (χ2n) is 5.72. The van der Waals surface area contributed by atoms with Crippen molar-refractivity contribution >= 4 is 11.8 Å². The molecule has 7 heteroatoms. The van der Waals surface area contributed by atoms with E-state index in [4.69, 9.17) is 14.2 Å². The zero-order valence-corrected chi connectivity index (χ0v) is 16.1. The minimum atomic E-state index is -1.96. The van der Waals surface area contributed by atoms with Crippen LogP contribution in [0.15, 0.2) is 0 Å². The normalized spacial score (nSPS) is 14.3. The summed E-state index contributed by atoms with van der Waals surface area (Å²) in [6.45, 7) is 12.0. The van der Waals surface area contributed by atoms with Gasteiger partial charge in [0, 0.05) is 21.7 Å². The SMILES string of the molecule is CCC(OC(C)C)(C(=O)O)C(=O)C(OC(C)C)OC(C)C.[Ti]. The molecule has 1 N–H and O–H groups in total. The van der Waals surface area contributed by atoms with Gasteiger partial charge in [-0.3, -0.25) is 4.79 Å². The number of carboxylic acids is 1. The van der Waals surface area contributed by atoms with Crippen LogP contribution >= 0.6 is 0 Å². The Bertz CT molecular complexity index is 346. The predicted octanol–water partition coefficient (Wildman–Crippen LogP) is 2.39. The summed E-state index contributed by atoms with van der Waals surface area (Å²) in [6.07, 6.45) is -2.23. The van der Waals surface area contributed by atoms with Crippen molar-refractivity contribution in [3.63, 3.8) is 0 Å². The number of carboxylic acid groups (broad SMARTS) is 1. The number of ketones is 1. The molecule has 0 aliphatic rings. The Labute approximate surface area is 147 Å². The van der Waals surface area contributed by atoms with Crippen molar-refractivity contribution < 1.29 is 50.6 Å². The van der Waals surface area contributed by atoms with Crippen LogP contribution in [0, 0.1) is 0 Å². The minimum Gasteiger partial charge on any atom is -0.479 e. The number of ether oxygens (including phenoxy) is 3. The van der Waals surface area contributed by atoms with Gasteiger partial charge in [-0.15, -0.1) is 0 Å². The summed E-state index contributed by atoms with van der Waals surface area (Å²) in [5, 5.41) is 9.50. The van der Waals surface area contributed by atoms with Gasteiger partial charge in [0.1, 0.15) is 0 Å². The molecule has 0 aromatic heterocycles. The van der Waals surface area contributed by atoms with Crippen LogP contribution in [0.25, 0.3) is 0 Å². The Hall–Kier alpha value is -0.266. The molecule has 0 saturated heterocycles. The molecule has 0 aliphatic carbocycles. The first-order chi connectivity index (χ1) is 9.56. The van der Waals surface area contributed by atoms with Crippen molar-refractivity contribution in [3.8, 4) is 0 Å². The maximum atomic E-state index is 12.7. The first-order valence-electron chi connectivity index (χ1n) is 7.33. The van der Waals surface area contributed by atoms with Crippen LogP contribution in [0.5, 0.6) is 0 Å². The van der Waals surface area contributed by atoms with E-state index in [1.54, 1.807) is 48.5 Å². The number of hydrogen-bond acceptors (Lipinski definition) is 5. The minimum absolute atomic E-state index is 0. The van der Waals surface area contributed by atoms with Crippen LogP contribution in [-0.4, -0.2) is 47.1 Å². The predicted molar refractivity (Wildman–Crippen MR) is 78.1 cm³/mol. The molecule has 1 unspecified atom stereocenters. The molecule has 0 bridgehead atoms. The maximum absolute atomic E-state index is 12.7. The number of aliphatic carboxylic acids is 1. The van der Waals surface area contributed by atoms with Crippen LogP contribution < -0.4 is 0 Å². The summed E-state index contributed by atoms with van der Waals surface area (Å²) in [7, 11) is 0. The number of carbonyl (C=O) groups excluding carboxylic acids is 1. The molecule has 0 aromatic rings. The average Bonchev–Trinajstić information content (AvgIpc) is 2.32. The third-order valence-corrected chi connectivity index (χ3v) is 2.68. The van der Waals surface area contributed by atoms with E-state index in [2.05, 4.69) is 0 Å². The monoisotopic (exact) mass is 352 g/mol. The second kappa shape index (κ2) is 10.5. The largest absolute Gasteiger partial charge is 0.479 e. The van der Waals surface area contributed by atoms with Crippen molar-refractivity contribution in [2.24, 2.45) is 0 Å². The summed E-state index contributed by atoms with van der Waals surface area (Å²) < 4.78 is 16.3. The van der Waals surface area contributed by atoms with Gasteiger partial charge in [-0.1, -0.05) is 6.92 Å². The van der Waals surface area contributed by atoms with E-state index in [0.717, 1.165) is 0 Å². The molecule has 0 amide bonds. The number of hydrogen-bond donors (Lipinski definition) is 1. The number of carbonyl (C=O) groups is 2. The molecule has 22 heavy (non-hydrogen) atoms. The number of rotatable bonds is 10. The summed E-state index contributed by atoms with van der Waals surface area (Å²) >= 11 is 0. The van der Waals surface area contributed by atoms with Crippen molar-refractivity contribution in [1.82, 2.24) is 0 Å². The molecule has 0 aliphatic heterocycles. The molecule has 0 fully saturated rings. The van der Waals surface area contributed by atoms with Gasteiger partial charge in [0.25, 0.3) is 0 Å². The molecule has 128 valence electrons. The third kappa shape index (κ3) is 6.88. The molecular formula is C15H28O6Ti. The van der Waals surface area contributed by atoms with Gasteiger partial charge in [0.2, 0.25) is 17.7 Å². The van der Waals surface area contributed by atoms with E-state index in [0.29, 0.717) is 0 Å². The molecule has 0 heterocycles. The first kappa shape index (κ1) is 24.0. The van der Waals surface area contributed by atoms with E-state index in [1.807, 2.05) is 0 Å². The quantitative estimate of drug-likeness (QED) is 0.369. The fraction of sp³-hybridized carbons (Fsp3) is 0.867. The van der Waals surface area contributed by atoms with Gasteiger partial charge in [-0.05, 0) is 48.0 Å². The molecule has 1 atom stereocenters. The Morgan fingerprint density at radius 2 is 1.36 bits per heavy atom. The zero-order chi connectivity index (χ0) is 16.8. The first-order valence-corrected chi connectivity index (χ1v) is 7.33. The molecular weight excluding hydrogens is 324 g/mol. The fourth-order valence-corrected chi connectivity index (χ4v) is 1.87. The van der Waals surface area contributed by atoms with Crippen molar-refractivity contribution in [2.45, 2.75) is 85.1 Å². The van der Waals surface area contributed by atoms with Crippen molar-refractivity contribution in [1.29, 1.82) is 0 Å². The van der Waals surface area contributed by atoms with E-state index in [-0.39, 0.29) is 40.3 Å². The molecule has 0 aromatic carbocycles.